The van der Waals surface area contributed by atoms with E-state index in [2.05, 4.69) is 5.32 Å². The average Bonchev–Trinajstić information content (AvgIpc) is 2.73. The van der Waals surface area contributed by atoms with Crippen molar-refractivity contribution in [2.24, 2.45) is 5.73 Å². The molecule has 0 amide bonds. The molecule has 0 radical (unpaired) electrons. The van der Waals surface area contributed by atoms with Crippen LogP contribution in [0.25, 0.3) is 0 Å². The van der Waals surface area contributed by atoms with Crippen molar-refractivity contribution in [1.82, 2.24) is 0 Å². The molecule has 3 aromatic carbocycles. The average molecular weight is 389 g/mol. The van der Waals surface area contributed by atoms with Crippen LogP contribution in [-0.2, 0) is 0 Å². The zero-order valence-corrected chi connectivity index (χ0v) is 16.6. The van der Waals surface area contributed by atoms with Gasteiger partial charge in [-0.1, -0.05) is 54.1 Å². The van der Waals surface area contributed by atoms with Gasteiger partial charge in [0.2, 0.25) is 0 Å². The van der Waals surface area contributed by atoms with E-state index in [1.165, 1.54) is 0 Å². The third-order valence-corrected chi connectivity index (χ3v) is 5.03. The Kier molecular flexibility index (Phi) is 6.65. The molecule has 2 unspecified atom stereocenters. The number of benzene rings is 3. The highest BCUT2D eigenvalue weighted by atomic mass is 16.3. The minimum atomic E-state index is -0.814. The van der Waals surface area contributed by atoms with Gasteiger partial charge in [0.25, 0.3) is 0 Å². The first kappa shape index (κ1) is 20.6. The van der Waals surface area contributed by atoms with Crippen LogP contribution < -0.4 is 16.8 Å². The number of hydrogen-bond donors (Lipinski definition) is 5. The van der Waals surface area contributed by atoms with E-state index in [9.17, 15) is 5.11 Å². The Morgan fingerprint density at radius 2 is 1.79 bits per heavy atom. The summed E-state index contributed by atoms with van der Waals surface area (Å²) >= 11 is 0. The van der Waals surface area contributed by atoms with Gasteiger partial charge in [-0.3, -0.25) is 5.41 Å². The second kappa shape index (κ2) is 9.37. The van der Waals surface area contributed by atoms with Crippen LogP contribution in [0.5, 0.6) is 0 Å². The van der Waals surface area contributed by atoms with Crippen molar-refractivity contribution in [3.05, 3.63) is 95.1 Å². The number of aryl methyl sites for hydroxylation is 1. The standard InChI is InChI=1S/C24H28N4O/c1-16-6-5-9-18(14-16)23(27)21-15-19(10-11-22(21)26)28-24(29)20(12-13-25)17-7-3-2-4-8-17/h2-11,14-15,20,24,27-29H,12-13,25-26H2,1H3. The second-order valence-corrected chi connectivity index (χ2v) is 7.23. The number of nitrogens with one attached hydrogen (secondary N) is 2. The van der Waals surface area contributed by atoms with E-state index in [1.54, 1.807) is 6.07 Å². The minimum Gasteiger partial charge on any atom is -0.398 e. The van der Waals surface area contributed by atoms with Crippen LogP contribution in [0.2, 0.25) is 0 Å². The lowest BCUT2D eigenvalue weighted by Gasteiger charge is -2.25. The Morgan fingerprint density at radius 3 is 2.48 bits per heavy atom. The van der Waals surface area contributed by atoms with Crippen LogP contribution >= 0.6 is 0 Å². The van der Waals surface area contributed by atoms with Crippen molar-refractivity contribution in [3.63, 3.8) is 0 Å². The Balaban J connectivity index is 1.84. The maximum atomic E-state index is 10.8. The van der Waals surface area contributed by atoms with Gasteiger partial charge in [0.05, 0.1) is 5.71 Å². The van der Waals surface area contributed by atoms with E-state index < -0.39 is 6.23 Å². The van der Waals surface area contributed by atoms with Crippen molar-refractivity contribution in [1.29, 1.82) is 5.41 Å². The maximum Gasteiger partial charge on any atom is 0.131 e. The van der Waals surface area contributed by atoms with Crippen LogP contribution in [0, 0.1) is 12.3 Å². The lowest BCUT2D eigenvalue weighted by molar-refractivity contribution is 0.167. The normalized spacial score (nSPS) is 12.9. The molecule has 0 heterocycles. The molecule has 29 heavy (non-hydrogen) atoms. The smallest absolute Gasteiger partial charge is 0.131 e. The minimum absolute atomic E-state index is 0.140. The fraction of sp³-hybridized carbons (Fsp3) is 0.208. The first-order valence-corrected chi connectivity index (χ1v) is 9.74. The Labute approximate surface area is 171 Å². The second-order valence-electron chi connectivity index (χ2n) is 7.23. The zero-order chi connectivity index (χ0) is 20.8. The zero-order valence-electron chi connectivity index (χ0n) is 16.6. The summed E-state index contributed by atoms with van der Waals surface area (Å²) in [7, 11) is 0. The molecule has 0 saturated heterocycles. The number of rotatable bonds is 8. The van der Waals surface area contributed by atoms with E-state index >= 15 is 0 Å². The van der Waals surface area contributed by atoms with E-state index in [0.717, 1.165) is 16.7 Å². The van der Waals surface area contributed by atoms with Gasteiger partial charge in [0, 0.05) is 28.4 Å². The van der Waals surface area contributed by atoms with Crippen LogP contribution in [0.15, 0.2) is 72.8 Å². The summed E-state index contributed by atoms with van der Waals surface area (Å²) in [5.74, 6) is -0.140. The van der Waals surface area contributed by atoms with Crippen molar-refractivity contribution < 1.29 is 5.11 Å². The lowest BCUT2D eigenvalue weighted by atomic mass is 9.93. The summed E-state index contributed by atoms with van der Waals surface area (Å²) in [6, 6.07) is 23.0. The first-order chi connectivity index (χ1) is 14.0. The number of anilines is 2. The fourth-order valence-electron chi connectivity index (χ4n) is 3.48. The summed E-state index contributed by atoms with van der Waals surface area (Å²) < 4.78 is 0. The summed E-state index contributed by atoms with van der Waals surface area (Å²) in [6.45, 7) is 2.47. The largest absolute Gasteiger partial charge is 0.398 e. The van der Waals surface area contributed by atoms with E-state index in [4.69, 9.17) is 16.9 Å². The van der Waals surface area contributed by atoms with Gasteiger partial charge >= 0.3 is 0 Å². The quantitative estimate of drug-likeness (QED) is 0.229. The van der Waals surface area contributed by atoms with Crippen LogP contribution in [0.4, 0.5) is 11.4 Å². The molecule has 7 N–H and O–H groups in total. The molecule has 150 valence electrons. The molecule has 3 rings (SSSR count). The van der Waals surface area contributed by atoms with Crippen molar-refractivity contribution in [2.75, 3.05) is 17.6 Å². The molecule has 0 aliphatic heterocycles. The molecule has 0 bridgehead atoms. The first-order valence-electron chi connectivity index (χ1n) is 9.74. The van der Waals surface area contributed by atoms with Gasteiger partial charge in [0.1, 0.15) is 6.23 Å². The SMILES string of the molecule is Cc1cccc(C(=N)c2cc(NC(O)C(CCN)c3ccccc3)ccc2N)c1. The molecule has 0 aliphatic rings. The molecule has 2 atom stereocenters. The molecule has 5 nitrogen and oxygen atoms in total. The monoisotopic (exact) mass is 388 g/mol. The number of hydrogen-bond acceptors (Lipinski definition) is 5. The molecule has 0 fully saturated rings. The van der Waals surface area contributed by atoms with Crippen molar-refractivity contribution in [2.45, 2.75) is 25.5 Å². The summed E-state index contributed by atoms with van der Waals surface area (Å²) in [5.41, 5.74) is 17.1. The van der Waals surface area contributed by atoms with Gasteiger partial charge < -0.3 is 21.9 Å². The number of nitrogen functional groups attached to an aromatic ring is 1. The fourth-order valence-corrected chi connectivity index (χ4v) is 3.48. The Hall–Kier alpha value is -3.15. The maximum absolute atomic E-state index is 10.8. The summed E-state index contributed by atoms with van der Waals surface area (Å²) in [6.07, 6.45) is -0.162. The summed E-state index contributed by atoms with van der Waals surface area (Å²) in [4.78, 5) is 0. The highest BCUT2D eigenvalue weighted by Crippen LogP contribution is 2.27. The Morgan fingerprint density at radius 1 is 1.03 bits per heavy atom. The third-order valence-electron chi connectivity index (χ3n) is 5.03. The summed E-state index contributed by atoms with van der Waals surface area (Å²) in [5, 5.41) is 22.6. The molecule has 3 aromatic rings. The number of nitrogens with two attached hydrogens (primary N) is 2. The molecule has 0 saturated carbocycles. The van der Waals surface area contributed by atoms with Crippen molar-refractivity contribution >= 4 is 17.1 Å². The van der Waals surface area contributed by atoms with Crippen molar-refractivity contribution in [3.8, 4) is 0 Å². The highest BCUT2D eigenvalue weighted by Gasteiger charge is 2.21. The van der Waals surface area contributed by atoms with E-state index in [1.807, 2.05) is 73.7 Å². The predicted molar refractivity (Wildman–Crippen MR) is 120 cm³/mol. The molecule has 0 spiro atoms. The molecular formula is C24H28N4O. The molecule has 0 aliphatic carbocycles. The molecular weight excluding hydrogens is 360 g/mol. The topological polar surface area (TPSA) is 108 Å². The lowest BCUT2D eigenvalue weighted by Crippen LogP contribution is -2.29. The van der Waals surface area contributed by atoms with Crippen LogP contribution in [0.1, 0.15) is 34.6 Å². The van der Waals surface area contributed by atoms with Gasteiger partial charge in [-0.15, -0.1) is 0 Å². The highest BCUT2D eigenvalue weighted by molar-refractivity contribution is 6.14. The van der Waals surface area contributed by atoms with E-state index in [-0.39, 0.29) is 5.92 Å². The Bertz CT molecular complexity index is 972. The van der Waals surface area contributed by atoms with Gasteiger partial charge in [0.15, 0.2) is 0 Å². The molecule has 0 aromatic heterocycles. The van der Waals surface area contributed by atoms with Gasteiger partial charge in [-0.2, -0.15) is 0 Å². The predicted octanol–water partition coefficient (Wildman–Crippen LogP) is 3.86. The van der Waals surface area contributed by atoms with Gasteiger partial charge in [-0.05, 0) is 49.7 Å². The molecule has 5 heteroatoms. The third kappa shape index (κ3) is 5.02. The van der Waals surface area contributed by atoms with E-state index in [0.29, 0.717) is 35.6 Å². The van der Waals surface area contributed by atoms with Crippen LogP contribution in [-0.4, -0.2) is 23.6 Å². The van der Waals surface area contributed by atoms with Crippen LogP contribution in [0.3, 0.4) is 0 Å². The number of aliphatic hydroxyl groups excluding tert-OH is 1. The number of aliphatic hydroxyl groups is 1. The van der Waals surface area contributed by atoms with Gasteiger partial charge in [-0.25, -0.2) is 0 Å².